The lowest BCUT2D eigenvalue weighted by atomic mass is 10.3. The molecule has 0 aliphatic rings. The second-order valence-corrected chi connectivity index (χ2v) is 5.62. The third-order valence-electron chi connectivity index (χ3n) is 1.84. The van der Waals surface area contributed by atoms with Gasteiger partial charge in [-0.3, -0.25) is 0 Å². The number of nitrogens with one attached hydrogen (secondary N) is 1. The minimum absolute atomic E-state index is 0.130. The van der Waals surface area contributed by atoms with E-state index >= 15 is 0 Å². The minimum atomic E-state index is -2.91. The molecule has 0 aromatic heterocycles. The molecule has 5 nitrogen and oxygen atoms in total. The Bertz CT molecular complexity index is 294. The first-order valence-corrected chi connectivity index (χ1v) is 6.38. The zero-order chi connectivity index (χ0) is 11.2. The Hall–Kier alpha value is -0.640. The Morgan fingerprint density at radius 2 is 2.14 bits per heavy atom. The molecule has 0 aliphatic heterocycles. The molecule has 6 heteroatoms. The van der Waals surface area contributed by atoms with Crippen molar-refractivity contribution < 1.29 is 8.42 Å². The lowest BCUT2D eigenvalue weighted by Gasteiger charge is -2.18. The smallest absolute Gasteiger partial charge is 0.148 e. The summed E-state index contributed by atoms with van der Waals surface area (Å²) < 4.78 is 21.7. The van der Waals surface area contributed by atoms with Crippen molar-refractivity contribution in [3.63, 3.8) is 0 Å². The summed E-state index contributed by atoms with van der Waals surface area (Å²) in [5.74, 6) is 0.130. The third-order valence-corrected chi connectivity index (χ3v) is 2.77. The van der Waals surface area contributed by atoms with Crippen LogP contribution >= 0.6 is 0 Å². The third kappa shape index (κ3) is 6.83. The van der Waals surface area contributed by atoms with E-state index in [9.17, 15) is 8.42 Å². The van der Waals surface area contributed by atoms with Gasteiger partial charge in [-0.25, -0.2) is 8.42 Å². The van der Waals surface area contributed by atoms with Crippen LogP contribution in [0.5, 0.6) is 0 Å². The van der Waals surface area contributed by atoms with Gasteiger partial charge in [0.25, 0.3) is 0 Å². The van der Waals surface area contributed by atoms with Gasteiger partial charge < -0.3 is 10.2 Å². The molecule has 0 radical (unpaired) electrons. The molecule has 0 aromatic rings. The van der Waals surface area contributed by atoms with Crippen molar-refractivity contribution in [1.82, 2.24) is 10.2 Å². The van der Waals surface area contributed by atoms with Gasteiger partial charge in [0.2, 0.25) is 0 Å². The number of sulfone groups is 1. The van der Waals surface area contributed by atoms with E-state index in [4.69, 9.17) is 5.26 Å². The summed E-state index contributed by atoms with van der Waals surface area (Å²) in [6, 6.07) is 1.83. The van der Waals surface area contributed by atoms with Crippen molar-refractivity contribution in [1.29, 1.82) is 5.26 Å². The average molecular weight is 219 g/mol. The molecule has 0 fully saturated rings. The quantitative estimate of drug-likeness (QED) is 0.625. The second-order valence-electron chi connectivity index (χ2n) is 3.36. The van der Waals surface area contributed by atoms with Crippen LogP contribution in [0.25, 0.3) is 0 Å². The van der Waals surface area contributed by atoms with E-state index in [1.165, 1.54) is 6.26 Å². The number of hydrogen-bond donors (Lipinski definition) is 1. The monoisotopic (exact) mass is 219 g/mol. The summed E-state index contributed by atoms with van der Waals surface area (Å²) in [5, 5.41) is 11.5. The highest BCUT2D eigenvalue weighted by molar-refractivity contribution is 7.90. The number of rotatable bonds is 6. The zero-order valence-electron chi connectivity index (χ0n) is 8.82. The predicted octanol–water partition coefficient (Wildman–Crippen LogP) is -0.926. The van der Waals surface area contributed by atoms with Crippen LogP contribution in [-0.4, -0.2) is 58.6 Å². The SMILES string of the molecule is CNC(C#N)CN(C)CCS(C)(=O)=O. The fourth-order valence-corrected chi connectivity index (χ4v) is 1.56. The molecule has 1 N–H and O–H groups in total. The molecule has 0 bridgehead atoms. The van der Waals surface area contributed by atoms with Crippen LogP contribution in [0.4, 0.5) is 0 Å². The predicted molar refractivity (Wildman–Crippen MR) is 55.7 cm³/mol. The molecule has 0 spiro atoms. The van der Waals surface area contributed by atoms with Gasteiger partial charge in [0, 0.05) is 19.3 Å². The highest BCUT2D eigenvalue weighted by Crippen LogP contribution is 1.90. The van der Waals surface area contributed by atoms with Gasteiger partial charge in [0.15, 0.2) is 0 Å². The molecule has 0 heterocycles. The molecule has 82 valence electrons. The number of nitrogens with zero attached hydrogens (tertiary/aromatic N) is 2. The molecule has 0 saturated carbocycles. The molecule has 1 atom stereocenters. The van der Waals surface area contributed by atoms with Crippen molar-refractivity contribution >= 4 is 9.84 Å². The summed E-state index contributed by atoms with van der Waals surface area (Å²) in [4.78, 5) is 1.82. The van der Waals surface area contributed by atoms with Gasteiger partial charge in [-0.2, -0.15) is 5.26 Å². The first-order chi connectivity index (χ1) is 6.39. The maximum atomic E-state index is 10.9. The summed E-state index contributed by atoms with van der Waals surface area (Å²) in [7, 11) is 0.592. The highest BCUT2D eigenvalue weighted by Gasteiger charge is 2.10. The van der Waals surface area contributed by atoms with Gasteiger partial charge >= 0.3 is 0 Å². The molecule has 14 heavy (non-hydrogen) atoms. The van der Waals surface area contributed by atoms with Crippen molar-refractivity contribution in [2.24, 2.45) is 0 Å². The lowest BCUT2D eigenvalue weighted by molar-refractivity contribution is 0.332. The van der Waals surface area contributed by atoms with Crippen molar-refractivity contribution in [3.05, 3.63) is 0 Å². The van der Waals surface area contributed by atoms with Crippen molar-refractivity contribution in [3.8, 4) is 6.07 Å². The largest absolute Gasteiger partial charge is 0.304 e. The molecule has 0 aliphatic carbocycles. The second kappa shape index (κ2) is 5.96. The normalized spacial score (nSPS) is 13.9. The van der Waals surface area contributed by atoms with Crippen LogP contribution in [0.2, 0.25) is 0 Å². The van der Waals surface area contributed by atoms with Crippen LogP contribution in [0.1, 0.15) is 0 Å². The van der Waals surface area contributed by atoms with Crippen LogP contribution in [0, 0.1) is 11.3 Å². The van der Waals surface area contributed by atoms with Crippen molar-refractivity contribution in [2.45, 2.75) is 6.04 Å². The van der Waals surface area contributed by atoms with Gasteiger partial charge in [0.1, 0.15) is 15.9 Å². The van der Waals surface area contributed by atoms with Crippen molar-refractivity contribution in [2.75, 3.05) is 39.2 Å². The van der Waals surface area contributed by atoms with E-state index in [0.717, 1.165) is 0 Å². The first-order valence-electron chi connectivity index (χ1n) is 4.32. The molecule has 0 amide bonds. The molecular formula is C8H17N3O2S. The van der Waals surface area contributed by atoms with Crippen LogP contribution < -0.4 is 5.32 Å². The highest BCUT2D eigenvalue weighted by atomic mass is 32.2. The Morgan fingerprint density at radius 3 is 2.50 bits per heavy atom. The zero-order valence-corrected chi connectivity index (χ0v) is 9.63. The average Bonchev–Trinajstić information content (AvgIpc) is 2.09. The van der Waals surface area contributed by atoms with E-state index < -0.39 is 9.84 Å². The molecule has 1 unspecified atom stereocenters. The van der Waals surface area contributed by atoms with Crippen LogP contribution in [-0.2, 0) is 9.84 Å². The number of hydrogen-bond acceptors (Lipinski definition) is 5. The fourth-order valence-electron chi connectivity index (χ4n) is 0.921. The molecular weight excluding hydrogens is 202 g/mol. The maximum absolute atomic E-state index is 10.9. The van der Waals surface area contributed by atoms with Crippen LogP contribution in [0.15, 0.2) is 0 Å². The van der Waals surface area contributed by atoms with E-state index in [1.807, 2.05) is 4.90 Å². The summed E-state index contributed by atoms with van der Waals surface area (Å²) in [5.41, 5.74) is 0. The Balaban J connectivity index is 3.88. The van der Waals surface area contributed by atoms with E-state index in [2.05, 4.69) is 11.4 Å². The molecule has 0 aromatic carbocycles. The Kier molecular flexibility index (Phi) is 5.69. The molecule has 0 saturated heterocycles. The van der Waals surface area contributed by atoms with Gasteiger partial charge in [-0.1, -0.05) is 0 Å². The minimum Gasteiger partial charge on any atom is -0.304 e. The van der Waals surface area contributed by atoms with Gasteiger partial charge in [0.05, 0.1) is 11.8 Å². The fraction of sp³-hybridized carbons (Fsp3) is 0.875. The lowest BCUT2D eigenvalue weighted by Crippen LogP contribution is -2.38. The Morgan fingerprint density at radius 1 is 1.57 bits per heavy atom. The van der Waals surface area contributed by atoms with Gasteiger partial charge in [-0.05, 0) is 14.1 Å². The topological polar surface area (TPSA) is 73.2 Å². The van der Waals surface area contributed by atoms with E-state index in [-0.39, 0.29) is 11.8 Å². The van der Waals surface area contributed by atoms with E-state index in [1.54, 1.807) is 14.1 Å². The summed E-state index contributed by atoms with van der Waals surface area (Å²) in [6.45, 7) is 0.987. The number of nitriles is 1. The van der Waals surface area contributed by atoms with Gasteiger partial charge in [-0.15, -0.1) is 0 Å². The summed E-state index contributed by atoms with van der Waals surface area (Å²) >= 11 is 0. The first kappa shape index (κ1) is 13.4. The number of likely N-dealkylation sites (N-methyl/N-ethyl adjacent to an activating group) is 2. The maximum Gasteiger partial charge on any atom is 0.148 e. The Labute approximate surface area is 85.6 Å². The standard InChI is InChI=1S/C8H17N3O2S/c1-10-8(6-9)7-11(2)4-5-14(3,12)13/h8,10H,4-5,7H2,1-3H3. The van der Waals surface area contributed by atoms with E-state index in [0.29, 0.717) is 13.1 Å². The van der Waals surface area contributed by atoms with Crippen LogP contribution in [0.3, 0.4) is 0 Å². The molecule has 0 rings (SSSR count). The summed E-state index contributed by atoms with van der Waals surface area (Å²) in [6.07, 6.45) is 1.21.